The first kappa shape index (κ1) is 16.1. The number of aromatic hydroxyl groups is 1. The number of carbonyl (C=O) groups is 2. The van der Waals surface area contributed by atoms with Gasteiger partial charge in [0.05, 0.1) is 5.56 Å². The van der Waals surface area contributed by atoms with Gasteiger partial charge in [-0.3, -0.25) is 9.59 Å². The number of benzene rings is 1. The second kappa shape index (κ2) is 6.00. The van der Waals surface area contributed by atoms with E-state index in [9.17, 15) is 27.9 Å². The normalized spacial score (nSPS) is 11.2. The Morgan fingerprint density at radius 1 is 1.30 bits per heavy atom. The van der Waals surface area contributed by atoms with Crippen LogP contribution in [0.5, 0.6) is 5.75 Å². The Bertz CT molecular complexity index is 533. The maximum atomic E-state index is 12.3. The van der Waals surface area contributed by atoms with Crippen LogP contribution < -0.4 is 0 Å². The molecule has 0 aliphatic carbocycles. The zero-order valence-corrected chi connectivity index (χ0v) is 10.6. The van der Waals surface area contributed by atoms with E-state index in [1.165, 1.54) is 6.07 Å². The van der Waals surface area contributed by atoms with Gasteiger partial charge in [0.15, 0.2) is 0 Å². The molecule has 0 aliphatic heterocycles. The molecular weight excluding hydrogens is 303 g/mol. The van der Waals surface area contributed by atoms with Crippen LogP contribution >= 0.6 is 11.6 Å². The summed E-state index contributed by atoms with van der Waals surface area (Å²) >= 11 is 5.53. The SMILES string of the molecule is O=C(O)CN(CC(F)(F)F)C(=O)c1ccc(Cl)cc1O. The highest BCUT2D eigenvalue weighted by Crippen LogP contribution is 2.25. The fourth-order valence-electron chi connectivity index (χ4n) is 1.44. The first-order valence-corrected chi connectivity index (χ1v) is 5.54. The lowest BCUT2D eigenvalue weighted by molar-refractivity contribution is -0.149. The second-order valence-electron chi connectivity index (χ2n) is 3.83. The van der Waals surface area contributed by atoms with Crippen LogP contribution in [-0.2, 0) is 4.79 Å². The fraction of sp³-hybridized carbons (Fsp3) is 0.273. The molecule has 0 saturated heterocycles. The summed E-state index contributed by atoms with van der Waals surface area (Å²) in [7, 11) is 0. The van der Waals surface area contributed by atoms with Crippen LogP contribution in [0, 0.1) is 0 Å². The van der Waals surface area contributed by atoms with Gasteiger partial charge in [-0.15, -0.1) is 0 Å². The number of aliphatic carboxylic acids is 1. The first-order chi connectivity index (χ1) is 9.10. The second-order valence-corrected chi connectivity index (χ2v) is 4.27. The molecule has 0 bridgehead atoms. The molecule has 20 heavy (non-hydrogen) atoms. The van der Waals surface area contributed by atoms with E-state index < -0.39 is 42.5 Å². The van der Waals surface area contributed by atoms with Gasteiger partial charge in [0, 0.05) is 5.02 Å². The van der Waals surface area contributed by atoms with E-state index >= 15 is 0 Å². The van der Waals surface area contributed by atoms with E-state index in [4.69, 9.17) is 16.7 Å². The van der Waals surface area contributed by atoms with Crippen LogP contribution in [0.15, 0.2) is 18.2 Å². The number of phenols is 1. The molecule has 1 rings (SSSR count). The van der Waals surface area contributed by atoms with Crippen LogP contribution in [0.25, 0.3) is 0 Å². The van der Waals surface area contributed by atoms with Crippen molar-refractivity contribution in [3.63, 3.8) is 0 Å². The standard InChI is InChI=1S/C11H9ClF3NO4/c12-6-1-2-7(8(17)3-6)10(20)16(4-9(18)19)5-11(13,14)15/h1-3,17H,4-5H2,(H,18,19). The molecule has 1 aromatic carbocycles. The van der Waals surface area contributed by atoms with Gasteiger partial charge in [-0.25, -0.2) is 0 Å². The zero-order chi connectivity index (χ0) is 15.5. The molecule has 2 N–H and O–H groups in total. The van der Waals surface area contributed by atoms with Gasteiger partial charge in [0.25, 0.3) is 5.91 Å². The molecule has 1 amide bonds. The van der Waals surface area contributed by atoms with Crippen molar-refractivity contribution >= 4 is 23.5 Å². The minimum atomic E-state index is -4.76. The highest BCUT2D eigenvalue weighted by molar-refractivity contribution is 6.30. The molecule has 0 aliphatic rings. The number of phenolic OH excluding ortho intramolecular Hbond substituents is 1. The van der Waals surface area contributed by atoms with E-state index in [-0.39, 0.29) is 9.92 Å². The van der Waals surface area contributed by atoms with Gasteiger partial charge in [-0.1, -0.05) is 11.6 Å². The highest BCUT2D eigenvalue weighted by Gasteiger charge is 2.34. The Balaban J connectivity index is 3.06. The summed E-state index contributed by atoms with van der Waals surface area (Å²) in [5, 5.41) is 18.1. The van der Waals surface area contributed by atoms with Gasteiger partial charge in [0.2, 0.25) is 0 Å². The van der Waals surface area contributed by atoms with Gasteiger partial charge < -0.3 is 15.1 Å². The van der Waals surface area contributed by atoms with Crippen molar-refractivity contribution in [2.45, 2.75) is 6.18 Å². The van der Waals surface area contributed by atoms with Gasteiger partial charge in [-0.05, 0) is 18.2 Å². The molecule has 110 valence electrons. The van der Waals surface area contributed by atoms with Crippen molar-refractivity contribution in [1.82, 2.24) is 4.90 Å². The van der Waals surface area contributed by atoms with Crippen molar-refractivity contribution in [2.24, 2.45) is 0 Å². The summed E-state index contributed by atoms with van der Waals surface area (Å²) < 4.78 is 37.0. The van der Waals surface area contributed by atoms with Crippen LogP contribution in [-0.4, -0.2) is 46.3 Å². The van der Waals surface area contributed by atoms with Crippen LogP contribution in [0.2, 0.25) is 5.02 Å². The molecule has 5 nitrogen and oxygen atoms in total. The number of rotatable bonds is 4. The number of halogens is 4. The molecule has 0 spiro atoms. The number of carboxylic acids is 1. The molecule has 0 fully saturated rings. The van der Waals surface area contributed by atoms with Crippen LogP contribution in [0.1, 0.15) is 10.4 Å². The average molecular weight is 312 g/mol. The Labute approximate surface area is 116 Å². The summed E-state index contributed by atoms with van der Waals surface area (Å²) in [6, 6.07) is 3.19. The Morgan fingerprint density at radius 3 is 2.35 bits per heavy atom. The Kier molecular flexibility index (Phi) is 4.83. The van der Waals surface area contributed by atoms with E-state index in [2.05, 4.69) is 0 Å². The predicted octanol–water partition coefficient (Wildman–Crippen LogP) is 2.13. The van der Waals surface area contributed by atoms with Crippen LogP contribution in [0.4, 0.5) is 13.2 Å². The number of carbonyl (C=O) groups excluding carboxylic acids is 1. The fourth-order valence-corrected chi connectivity index (χ4v) is 1.60. The van der Waals surface area contributed by atoms with Crippen molar-refractivity contribution < 1.29 is 33.0 Å². The number of amides is 1. The van der Waals surface area contributed by atoms with Crippen molar-refractivity contribution in [2.75, 3.05) is 13.1 Å². The zero-order valence-electron chi connectivity index (χ0n) is 9.82. The number of hydrogen-bond acceptors (Lipinski definition) is 3. The number of carboxylic acid groups (broad SMARTS) is 1. The molecular formula is C11H9ClF3NO4. The van der Waals surface area contributed by atoms with Gasteiger partial charge >= 0.3 is 12.1 Å². The summed E-state index contributed by atoms with van der Waals surface area (Å²) in [5.41, 5.74) is -0.458. The molecule has 0 radical (unpaired) electrons. The Hall–Kier alpha value is -1.96. The average Bonchev–Trinajstić information content (AvgIpc) is 2.24. The van der Waals surface area contributed by atoms with Gasteiger partial charge in [0.1, 0.15) is 18.8 Å². The number of nitrogens with zero attached hydrogens (tertiary/aromatic N) is 1. The molecule has 0 aromatic heterocycles. The van der Waals surface area contributed by atoms with Crippen LogP contribution in [0.3, 0.4) is 0 Å². The third-order valence-corrected chi connectivity index (χ3v) is 2.41. The quantitative estimate of drug-likeness (QED) is 0.893. The summed E-state index contributed by atoms with van der Waals surface area (Å²) in [6.07, 6.45) is -4.76. The molecule has 9 heteroatoms. The summed E-state index contributed by atoms with van der Waals surface area (Å²) in [6.45, 7) is -2.87. The smallest absolute Gasteiger partial charge is 0.406 e. The van der Waals surface area contributed by atoms with Crippen molar-refractivity contribution in [1.29, 1.82) is 0 Å². The Morgan fingerprint density at radius 2 is 1.90 bits per heavy atom. The maximum absolute atomic E-state index is 12.3. The first-order valence-electron chi connectivity index (χ1n) is 5.16. The molecule has 0 atom stereocenters. The lowest BCUT2D eigenvalue weighted by atomic mass is 10.1. The lowest BCUT2D eigenvalue weighted by Gasteiger charge is -2.22. The summed E-state index contributed by atoms with van der Waals surface area (Å²) in [5.74, 6) is -3.48. The predicted molar refractivity (Wildman–Crippen MR) is 62.7 cm³/mol. The molecule has 1 aromatic rings. The third kappa shape index (κ3) is 4.61. The maximum Gasteiger partial charge on any atom is 0.406 e. The largest absolute Gasteiger partial charge is 0.507 e. The van der Waals surface area contributed by atoms with E-state index in [1.54, 1.807) is 0 Å². The van der Waals surface area contributed by atoms with E-state index in [0.717, 1.165) is 12.1 Å². The minimum absolute atomic E-state index is 0.0747. The van der Waals surface area contributed by atoms with E-state index in [0.29, 0.717) is 0 Å². The molecule has 0 heterocycles. The van der Waals surface area contributed by atoms with Crippen molar-refractivity contribution in [3.8, 4) is 5.75 Å². The molecule has 0 unspecified atom stereocenters. The number of hydrogen-bond donors (Lipinski definition) is 2. The highest BCUT2D eigenvalue weighted by atomic mass is 35.5. The van der Waals surface area contributed by atoms with E-state index in [1.807, 2.05) is 0 Å². The lowest BCUT2D eigenvalue weighted by Crippen LogP contribution is -2.42. The minimum Gasteiger partial charge on any atom is -0.507 e. The third-order valence-electron chi connectivity index (χ3n) is 2.17. The number of alkyl halides is 3. The monoisotopic (exact) mass is 311 g/mol. The van der Waals surface area contributed by atoms with Gasteiger partial charge in [-0.2, -0.15) is 13.2 Å². The molecule has 0 saturated carbocycles. The summed E-state index contributed by atoms with van der Waals surface area (Å²) in [4.78, 5) is 22.4. The van der Waals surface area contributed by atoms with Crippen molar-refractivity contribution in [3.05, 3.63) is 28.8 Å². The topological polar surface area (TPSA) is 77.8 Å².